The molecule has 1 aliphatic carbocycles. The van der Waals surface area contributed by atoms with Gasteiger partial charge in [0.05, 0.1) is 5.56 Å². The third-order valence-electron chi connectivity index (χ3n) is 4.16. The summed E-state index contributed by atoms with van der Waals surface area (Å²) in [6, 6.07) is 7.14. The molecule has 0 unspecified atom stereocenters. The third kappa shape index (κ3) is 3.01. The Kier molecular flexibility index (Phi) is 4.12. The molecule has 2 nitrogen and oxygen atoms in total. The second kappa shape index (κ2) is 5.66. The van der Waals surface area contributed by atoms with Crippen molar-refractivity contribution in [3.8, 4) is 0 Å². The molecular weight excluding hydrogens is 248 g/mol. The molecule has 2 rings (SSSR count). The monoisotopic (exact) mass is 270 g/mol. The van der Waals surface area contributed by atoms with Crippen molar-refractivity contribution in [1.29, 1.82) is 0 Å². The van der Waals surface area contributed by atoms with E-state index in [9.17, 15) is 9.90 Å². The van der Waals surface area contributed by atoms with Gasteiger partial charge in [0.1, 0.15) is 0 Å². The van der Waals surface area contributed by atoms with Gasteiger partial charge in [-0.1, -0.05) is 49.8 Å². The number of hydrogen-bond acceptors (Lipinski definition) is 1. The van der Waals surface area contributed by atoms with E-state index < -0.39 is 5.97 Å². The van der Waals surface area contributed by atoms with Crippen molar-refractivity contribution in [2.45, 2.75) is 40.0 Å². The minimum absolute atomic E-state index is 0.178. The van der Waals surface area contributed by atoms with E-state index in [1.807, 2.05) is 18.2 Å². The lowest BCUT2D eigenvalue weighted by molar-refractivity contribution is 0.0696. The Morgan fingerprint density at radius 2 is 1.95 bits per heavy atom. The maximum atomic E-state index is 11.2. The average molecular weight is 270 g/mol. The zero-order valence-corrected chi connectivity index (χ0v) is 12.4. The molecule has 0 spiro atoms. The highest BCUT2D eigenvalue weighted by atomic mass is 16.4. The molecule has 1 aromatic carbocycles. The summed E-state index contributed by atoms with van der Waals surface area (Å²) in [5.41, 5.74) is 4.07. The summed E-state index contributed by atoms with van der Waals surface area (Å²) < 4.78 is 0. The number of hydrogen-bond donors (Lipinski definition) is 1. The molecule has 0 atom stereocenters. The largest absolute Gasteiger partial charge is 0.478 e. The highest BCUT2D eigenvalue weighted by Crippen LogP contribution is 2.41. The van der Waals surface area contributed by atoms with Gasteiger partial charge >= 0.3 is 5.97 Å². The first-order valence-corrected chi connectivity index (χ1v) is 7.12. The van der Waals surface area contributed by atoms with Gasteiger partial charge in [0.15, 0.2) is 0 Å². The summed E-state index contributed by atoms with van der Waals surface area (Å²) in [6.45, 7) is 6.71. The maximum absolute atomic E-state index is 11.2. The number of carbonyl (C=O) groups is 1. The van der Waals surface area contributed by atoms with Crippen molar-refractivity contribution < 1.29 is 9.90 Å². The first-order chi connectivity index (χ1) is 9.42. The minimum Gasteiger partial charge on any atom is -0.478 e. The van der Waals surface area contributed by atoms with Gasteiger partial charge in [-0.15, -0.1) is 0 Å². The highest BCUT2D eigenvalue weighted by molar-refractivity contribution is 5.92. The molecule has 0 saturated carbocycles. The molecule has 2 heteroatoms. The third-order valence-corrected chi connectivity index (χ3v) is 4.16. The van der Waals surface area contributed by atoms with Gasteiger partial charge in [0.2, 0.25) is 0 Å². The molecule has 0 aliphatic heterocycles. The number of allylic oxidation sites excluding steroid dienone is 3. The highest BCUT2D eigenvalue weighted by Gasteiger charge is 2.26. The van der Waals surface area contributed by atoms with E-state index in [0.717, 1.165) is 12.0 Å². The van der Waals surface area contributed by atoms with Crippen LogP contribution in [-0.2, 0) is 0 Å². The van der Waals surface area contributed by atoms with Crippen LogP contribution in [0.25, 0.3) is 6.08 Å². The van der Waals surface area contributed by atoms with E-state index in [2.05, 4.69) is 26.8 Å². The standard InChI is InChI=1S/C18H22O2/c1-13-7-6-12-18(2,3)16(13)11-10-14-8-4-5-9-15(14)17(19)20/h4-5,8-11H,6-7,12H2,1-3H3,(H,19,20). The van der Waals surface area contributed by atoms with Crippen LogP contribution < -0.4 is 0 Å². The summed E-state index contributed by atoms with van der Waals surface area (Å²) >= 11 is 0. The van der Waals surface area contributed by atoms with Crippen LogP contribution in [0.15, 0.2) is 41.5 Å². The Morgan fingerprint density at radius 1 is 1.25 bits per heavy atom. The molecule has 0 bridgehead atoms. The number of aromatic carboxylic acids is 1. The number of rotatable bonds is 3. The van der Waals surface area contributed by atoms with Gasteiger partial charge in [-0.3, -0.25) is 0 Å². The van der Waals surface area contributed by atoms with Crippen LogP contribution in [0, 0.1) is 5.41 Å². The van der Waals surface area contributed by atoms with Gasteiger partial charge in [0.25, 0.3) is 0 Å². The van der Waals surface area contributed by atoms with Crippen LogP contribution in [0.4, 0.5) is 0 Å². The lowest BCUT2D eigenvalue weighted by Gasteiger charge is -2.32. The van der Waals surface area contributed by atoms with Gasteiger partial charge in [-0.05, 0) is 48.8 Å². The van der Waals surface area contributed by atoms with Gasteiger partial charge in [-0.25, -0.2) is 4.79 Å². The number of carboxylic acid groups (broad SMARTS) is 1. The Labute approximate surface area is 120 Å². The van der Waals surface area contributed by atoms with Crippen molar-refractivity contribution in [2.75, 3.05) is 0 Å². The quantitative estimate of drug-likeness (QED) is 0.846. The zero-order valence-electron chi connectivity index (χ0n) is 12.4. The normalized spacial score (nSPS) is 18.6. The molecule has 1 aliphatic rings. The van der Waals surface area contributed by atoms with E-state index in [0.29, 0.717) is 5.56 Å². The molecule has 106 valence electrons. The van der Waals surface area contributed by atoms with Crippen molar-refractivity contribution in [2.24, 2.45) is 5.41 Å². The zero-order chi connectivity index (χ0) is 14.8. The number of benzene rings is 1. The summed E-state index contributed by atoms with van der Waals surface area (Å²) in [6.07, 6.45) is 7.61. The van der Waals surface area contributed by atoms with Crippen molar-refractivity contribution in [3.05, 3.63) is 52.6 Å². The first-order valence-electron chi connectivity index (χ1n) is 7.12. The summed E-state index contributed by atoms with van der Waals surface area (Å²) in [4.78, 5) is 11.2. The van der Waals surface area contributed by atoms with E-state index in [4.69, 9.17) is 0 Å². The van der Waals surface area contributed by atoms with Gasteiger partial charge in [-0.2, -0.15) is 0 Å². The second-order valence-electron chi connectivity index (χ2n) is 6.16. The molecule has 1 N–H and O–H groups in total. The molecule has 0 saturated heterocycles. The van der Waals surface area contributed by atoms with Crippen LogP contribution in [-0.4, -0.2) is 11.1 Å². The lowest BCUT2D eigenvalue weighted by atomic mass is 9.72. The fourth-order valence-electron chi connectivity index (χ4n) is 3.02. The van der Waals surface area contributed by atoms with Crippen LogP contribution in [0.1, 0.15) is 56.0 Å². The van der Waals surface area contributed by atoms with Crippen molar-refractivity contribution in [3.63, 3.8) is 0 Å². The van der Waals surface area contributed by atoms with E-state index >= 15 is 0 Å². The summed E-state index contributed by atoms with van der Waals surface area (Å²) in [5.74, 6) is -0.876. The average Bonchev–Trinajstić information content (AvgIpc) is 2.37. The molecule has 0 amide bonds. The molecule has 0 fully saturated rings. The van der Waals surface area contributed by atoms with Gasteiger partial charge < -0.3 is 5.11 Å². The topological polar surface area (TPSA) is 37.3 Å². The SMILES string of the molecule is CC1=C(C=Cc2ccccc2C(=O)O)C(C)(C)CCC1. The molecule has 0 radical (unpaired) electrons. The minimum atomic E-state index is -0.876. The van der Waals surface area contributed by atoms with E-state index in [1.54, 1.807) is 12.1 Å². The summed E-state index contributed by atoms with van der Waals surface area (Å²) in [7, 11) is 0. The first kappa shape index (κ1) is 14.6. The van der Waals surface area contributed by atoms with Crippen molar-refractivity contribution >= 4 is 12.0 Å². The fraction of sp³-hybridized carbons (Fsp3) is 0.389. The van der Waals surface area contributed by atoms with Gasteiger partial charge in [0, 0.05) is 0 Å². The number of carboxylic acids is 1. The Morgan fingerprint density at radius 3 is 2.60 bits per heavy atom. The summed E-state index contributed by atoms with van der Waals surface area (Å²) in [5, 5.41) is 9.21. The van der Waals surface area contributed by atoms with Crippen LogP contribution >= 0.6 is 0 Å². The smallest absolute Gasteiger partial charge is 0.336 e. The van der Waals surface area contributed by atoms with Crippen LogP contribution in [0.3, 0.4) is 0 Å². The Hall–Kier alpha value is -1.83. The van der Waals surface area contributed by atoms with Crippen LogP contribution in [0.2, 0.25) is 0 Å². The second-order valence-corrected chi connectivity index (χ2v) is 6.16. The molecule has 0 aromatic heterocycles. The molecular formula is C18H22O2. The maximum Gasteiger partial charge on any atom is 0.336 e. The predicted molar refractivity (Wildman–Crippen MR) is 82.8 cm³/mol. The molecule has 20 heavy (non-hydrogen) atoms. The van der Waals surface area contributed by atoms with Crippen LogP contribution in [0.5, 0.6) is 0 Å². The van der Waals surface area contributed by atoms with Crippen molar-refractivity contribution in [1.82, 2.24) is 0 Å². The Bertz CT molecular complexity index is 577. The predicted octanol–water partition coefficient (Wildman–Crippen LogP) is 4.92. The molecule has 1 aromatic rings. The van der Waals surface area contributed by atoms with E-state index in [1.165, 1.54) is 24.0 Å². The Balaban J connectivity index is 2.37. The molecule has 0 heterocycles. The fourth-order valence-corrected chi connectivity index (χ4v) is 3.02. The van der Waals surface area contributed by atoms with E-state index in [-0.39, 0.29) is 5.41 Å². The lowest BCUT2D eigenvalue weighted by Crippen LogP contribution is -2.19.